The fourth-order valence-electron chi connectivity index (χ4n) is 3.77. The van der Waals surface area contributed by atoms with Gasteiger partial charge in [0.05, 0.1) is 5.57 Å². The quantitative estimate of drug-likeness (QED) is 0.749. The standard InChI is InChI=1S/C21H24N4OS/c1-14-7-9-16(10-8-14)13-17-19(22)25-21(23-20(17)26)27-18(24-25)12-11-15-5-3-2-4-6-15/h7-10,13,15,22H,2-6,11-12H2,1H3/b17-13-,22-19?. The number of rotatable bonds is 4. The second kappa shape index (κ2) is 7.80. The lowest BCUT2D eigenvalue weighted by Gasteiger charge is -2.20. The highest BCUT2D eigenvalue weighted by Crippen LogP contribution is 2.33. The third kappa shape index (κ3) is 4.05. The zero-order chi connectivity index (χ0) is 18.8. The number of nitrogens with one attached hydrogen (secondary N) is 1. The van der Waals surface area contributed by atoms with Gasteiger partial charge in [-0.2, -0.15) is 15.1 Å². The molecule has 4 rings (SSSR count). The highest BCUT2D eigenvalue weighted by molar-refractivity contribution is 8.26. The Kier molecular flexibility index (Phi) is 5.25. The number of aliphatic imine (C=N–C) groups is 1. The Balaban J connectivity index is 1.48. The lowest BCUT2D eigenvalue weighted by Crippen LogP contribution is -2.35. The largest absolute Gasteiger partial charge is 0.283 e. The molecule has 1 fully saturated rings. The SMILES string of the molecule is Cc1ccc(/C=C2/C(=N)N3N=C(CCC4CCCCC4)SC3=NC2=O)cc1. The Morgan fingerprint density at radius 1 is 1.22 bits per heavy atom. The Morgan fingerprint density at radius 3 is 2.70 bits per heavy atom. The fourth-order valence-corrected chi connectivity index (χ4v) is 4.67. The van der Waals surface area contributed by atoms with Gasteiger partial charge >= 0.3 is 0 Å². The summed E-state index contributed by atoms with van der Waals surface area (Å²) < 4.78 is 0. The van der Waals surface area contributed by atoms with Crippen LogP contribution in [0.2, 0.25) is 0 Å². The molecule has 27 heavy (non-hydrogen) atoms. The second-order valence-corrected chi connectivity index (χ2v) is 8.51. The zero-order valence-corrected chi connectivity index (χ0v) is 16.4. The van der Waals surface area contributed by atoms with Crippen molar-refractivity contribution in [3.05, 3.63) is 41.0 Å². The lowest BCUT2D eigenvalue weighted by molar-refractivity contribution is -0.114. The van der Waals surface area contributed by atoms with Crippen molar-refractivity contribution in [1.29, 1.82) is 5.41 Å². The van der Waals surface area contributed by atoms with Crippen molar-refractivity contribution >= 4 is 39.8 Å². The summed E-state index contributed by atoms with van der Waals surface area (Å²) in [7, 11) is 0. The van der Waals surface area contributed by atoms with Crippen LogP contribution in [0, 0.1) is 18.3 Å². The molecule has 2 aliphatic heterocycles. The molecule has 1 aromatic rings. The highest BCUT2D eigenvalue weighted by atomic mass is 32.2. The minimum absolute atomic E-state index is 0.116. The molecule has 6 heteroatoms. The van der Waals surface area contributed by atoms with Crippen molar-refractivity contribution in [3.63, 3.8) is 0 Å². The molecular weight excluding hydrogens is 356 g/mol. The van der Waals surface area contributed by atoms with Crippen molar-refractivity contribution < 1.29 is 4.79 Å². The third-order valence-electron chi connectivity index (χ3n) is 5.38. The summed E-state index contributed by atoms with van der Waals surface area (Å²) >= 11 is 1.44. The van der Waals surface area contributed by atoms with E-state index in [1.54, 1.807) is 6.08 Å². The number of hydrogen-bond acceptors (Lipinski definition) is 4. The van der Waals surface area contributed by atoms with Gasteiger partial charge < -0.3 is 0 Å². The maximum absolute atomic E-state index is 12.4. The van der Waals surface area contributed by atoms with Crippen LogP contribution >= 0.6 is 11.8 Å². The molecular formula is C21H24N4OS. The molecule has 140 valence electrons. The molecule has 3 aliphatic rings. The third-order valence-corrected chi connectivity index (χ3v) is 6.34. The van der Waals surface area contributed by atoms with E-state index in [2.05, 4.69) is 10.1 Å². The summed E-state index contributed by atoms with van der Waals surface area (Å²) in [5.74, 6) is 0.550. The molecule has 0 atom stereocenters. The summed E-state index contributed by atoms with van der Waals surface area (Å²) in [6, 6.07) is 7.87. The van der Waals surface area contributed by atoms with E-state index in [4.69, 9.17) is 5.41 Å². The van der Waals surface area contributed by atoms with Gasteiger partial charge in [0.15, 0.2) is 5.84 Å². The normalized spacial score (nSPS) is 22.1. The maximum Gasteiger partial charge on any atom is 0.283 e. The topological polar surface area (TPSA) is 68.9 Å². The molecule has 0 aromatic heterocycles. The van der Waals surface area contributed by atoms with E-state index in [1.165, 1.54) is 48.9 Å². The number of carbonyl (C=O) groups excluding carboxylic acids is 1. The fraction of sp³-hybridized carbons (Fsp3) is 0.429. The summed E-state index contributed by atoms with van der Waals surface area (Å²) in [6.07, 6.45) is 10.5. The molecule has 0 unspecified atom stereocenters. The van der Waals surface area contributed by atoms with Crippen molar-refractivity contribution in [2.45, 2.75) is 51.9 Å². The Morgan fingerprint density at radius 2 is 1.96 bits per heavy atom. The minimum Gasteiger partial charge on any atom is -0.282 e. The Hall–Kier alpha value is -2.21. The van der Waals surface area contributed by atoms with Gasteiger partial charge in [-0.05, 0) is 49.1 Å². The number of fused-ring (bicyclic) bond motifs is 1. The van der Waals surface area contributed by atoms with E-state index < -0.39 is 0 Å². The van der Waals surface area contributed by atoms with E-state index in [0.29, 0.717) is 10.7 Å². The van der Waals surface area contributed by atoms with Crippen molar-refractivity contribution in [2.24, 2.45) is 16.0 Å². The zero-order valence-electron chi connectivity index (χ0n) is 15.6. The van der Waals surface area contributed by atoms with Crippen LogP contribution in [0.3, 0.4) is 0 Å². The van der Waals surface area contributed by atoms with Crippen molar-refractivity contribution in [2.75, 3.05) is 0 Å². The number of thioether (sulfide) groups is 1. The van der Waals surface area contributed by atoms with Crippen LogP contribution in [0.15, 0.2) is 39.9 Å². The van der Waals surface area contributed by atoms with Crippen molar-refractivity contribution in [3.8, 4) is 0 Å². The monoisotopic (exact) mass is 380 g/mol. The smallest absolute Gasteiger partial charge is 0.282 e. The molecule has 0 saturated heterocycles. The number of hydrazone groups is 1. The summed E-state index contributed by atoms with van der Waals surface area (Å²) in [6.45, 7) is 2.02. The molecule has 1 N–H and O–H groups in total. The van der Waals surface area contributed by atoms with Crippen LogP contribution in [-0.2, 0) is 4.79 Å². The number of amides is 1. The minimum atomic E-state index is -0.358. The van der Waals surface area contributed by atoms with Gasteiger partial charge in [-0.1, -0.05) is 61.9 Å². The predicted molar refractivity (Wildman–Crippen MR) is 112 cm³/mol. The number of carbonyl (C=O) groups is 1. The van der Waals surface area contributed by atoms with E-state index in [0.717, 1.165) is 34.9 Å². The number of benzene rings is 1. The van der Waals surface area contributed by atoms with Gasteiger partial charge in [-0.15, -0.1) is 0 Å². The maximum atomic E-state index is 12.4. The van der Waals surface area contributed by atoms with E-state index in [-0.39, 0.29) is 11.7 Å². The van der Waals surface area contributed by atoms with Gasteiger partial charge in [0.1, 0.15) is 5.04 Å². The van der Waals surface area contributed by atoms with Gasteiger partial charge in [0, 0.05) is 0 Å². The van der Waals surface area contributed by atoms with Gasteiger partial charge in [-0.3, -0.25) is 10.2 Å². The average Bonchev–Trinajstić information content (AvgIpc) is 3.09. The van der Waals surface area contributed by atoms with Crippen LogP contribution < -0.4 is 0 Å². The Labute approximate surface area is 164 Å². The predicted octanol–water partition coefficient (Wildman–Crippen LogP) is 4.97. The molecule has 0 spiro atoms. The highest BCUT2D eigenvalue weighted by Gasteiger charge is 2.35. The number of nitrogens with zero attached hydrogens (tertiary/aromatic N) is 3. The van der Waals surface area contributed by atoms with Gasteiger partial charge in [-0.25, -0.2) is 0 Å². The molecule has 0 radical (unpaired) electrons. The number of amidine groups is 2. The molecule has 1 aromatic carbocycles. The molecule has 0 bridgehead atoms. The first kappa shape index (κ1) is 18.2. The first-order valence-corrected chi connectivity index (χ1v) is 10.5. The summed E-state index contributed by atoms with van der Waals surface area (Å²) in [5.41, 5.74) is 2.34. The molecule has 2 heterocycles. The molecule has 1 saturated carbocycles. The van der Waals surface area contributed by atoms with Crippen LogP contribution in [-0.4, -0.2) is 27.0 Å². The van der Waals surface area contributed by atoms with Gasteiger partial charge in [0.25, 0.3) is 5.91 Å². The van der Waals surface area contributed by atoms with Gasteiger partial charge in [0.2, 0.25) is 5.17 Å². The lowest BCUT2D eigenvalue weighted by atomic mass is 9.86. The van der Waals surface area contributed by atoms with Crippen LogP contribution in [0.4, 0.5) is 0 Å². The molecule has 1 aliphatic carbocycles. The Bertz CT molecular complexity index is 847. The molecule has 5 nitrogen and oxygen atoms in total. The van der Waals surface area contributed by atoms with E-state index >= 15 is 0 Å². The molecule has 1 amide bonds. The average molecular weight is 381 g/mol. The number of hydrogen-bond donors (Lipinski definition) is 1. The van der Waals surface area contributed by atoms with Crippen molar-refractivity contribution in [1.82, 2.24) is 5.01 Å². The summed E-state index contributed by atoms with van der Waals surface area (Å²) in [4.78, 5) is 16.6. The first-order valence-electron chi connectivity index (χ1n) is 9.66. The number of aryl methyl sites for hydroxylation is 1. The van der Waals surface area contributed by atoms with Crippen LogP contribution in [0.25, 0.3) is 6.08 Å². The van der Waals surface area contributed by atoms with E-state index in [9.17, 15) is 4.79 Å². The summed E-state index contributed by atoms with van der Waals surface area (Å²) in [5, 5.41) is 16.0. The van der Waals surface area contributed by atoms with Crippen LogP contribution in [0.1, 0.15) is 56.1 Å². The van der Waals surface area contributed by atoms with Crippen LogP contribution in [0.5, 0.6) is 0 Å². The van der Waals surface area contributed by atoms with E-state index in [1.807, 2.05) is 31.2 Å². The second-order valence-electron chi connectivity index (χ2n) is 7.47. The first-order chi connectivity index (χ1) is 13.1.